The minimum atomic E-state index is 0.777. The summed E-state index contributed by atoms with van der Waals surface area (Å²) in [5, 5.41) is 0. The Bertz CT molecular complexity index is 201. The second kappa shape index (κ2) is 4.02. The molecule has 0 amide bonds. The second-order valence-electron chi connectivity index (χ2n) is 2.58. The average molecular weight is 149 g/mol. The van der Waals surface area contributed by atoms with Crippen molar-refractivity contribution in [3.8, 4) is 5.75 Å². The monoisotopic (exact) mass is 149 g/mol. The number of rotatable bonds is 3. The smallest absolute Gasteiger partial charge is 0.127 e. The molecule has 0 aliphatic heterocycles. The zero-order valence-corrected chi connectivity index (χ0v) is 7.05. The minimum Gasteiger partial charge on any atom is -0.493 e. The van der Waals surface area contributed by atoms with Crippen molar-refractivity contribution < 1.29 is 4.74 Å². The van der Waals surface area contributed by atoms with Gasteiger partial charge in [0.1, 0.15) is 5.75 Å². The van der Waals surface area contributed by atoms with Gasteiger partial charge in [-0.25, -0.2) is 0 Å². The lowest BCUT2D eigenvalue weighted by Crippen LogP contribution is -1.94. The van der Waals surface area contributed by atoms with E-state index in [-0.39, 0.29) is 0 Å². The van der Waals surface area contributed by atoms with Crippen LogP contribution in [0.4, 0.5) is 0 Å². The molecule has 11 heavy (non-hydrogen) atoms. The Hall–Kier alpha value is -0.980. The summed E-state index contributed by atoms with van der Waals surface area (Å²) in [6.45, 7) is 4.91. The van der Waals surface area contributed by atoms with Crippen molar-refractivity contribution in [3.05, 3.63) is 29.8 Å². The summed E-state index contributed by atoms with van der Waals surface area (Å²) in [6, 6.07) is 8.96. The van der Waals surface area contributed by atoms with Gasteiger partial charge in [-0.05, 0) is 25.5 Å². The van der Waals surface area contributed by atoms with Gasteiger partial charge < -0.3 is 4.74 Å². The Kier molecular flexibility index (Phi) is 2.96. The van der Waals surface area contributed by atoms with Crippen LogP contribution in [0.15, 0.2) is 18.2 Å². The predicted octanol–water partition coefficient (Wildman–Crippen LogP) is 2.58. The molecule has 0 spiro atoms. The van der Waals surface area contributed by atoms with Crippen molar-refractivity contribution in [2.24, 2.45) is 0 Å². The van der Waals surface area contributed by atoms with Crippen molar-refractivity contribution in [2.45, 2.75) is 20.3 Å². The zero-order chi connectivity index (χ0) is 8.10. The molecule has 0 fully saturated rings. The highest BCUT2D eigenvalue weighted by Gasteiger charge is 1.90. The summed E-state index contributed by atoms with van der Waals surface area (Å²) in [7, 11) is 0. The van der Waals surface area contributed by atoms with Crippen LogP contribution in [0.5, 0.6) is 5.75 Å². The summed E-state index contributed by atoms with van der Waals surface area (Å²) in [5.41, 5.74) is 1.22. The van der Waals surface area contributed by atoms with Crippen LogP contribution >= 0.6 is 0 Å². The molecule has 0 atom stereocenters. The van der Waals surface area contributed by atoms with Crippen LogP contribution in [-0.4, -0.2) is 6.61 Å². The van der Waals surface area contributed by atoms with E-state index < -0.39 is 0 Å². The maximum absolute atomic E-state index is 5.35. The third kappa shape index (κ3) is 2.62. The van der Waals surface area contributed by atoms with Gasteiger partial charge in [-0.3, -0.25) is 0 Å². The van der Waals surface area contributed by atoms with E-state index in [2.05, 4.69) is 13.0 Å². The molecule has 0 saturated carbocycles. The normalized spacial score (nSPS) is 9.64. The van der Waals surface area contributed by atoms with E-state index >= 15 is 0 Å². The molecule has 0 unspecified atom stereocenters. The van der Waals surface area contributed by atoms with Crippen LogP contribution in [0.25, 0.3) is 0 Å². The summed E-state index contributed by atoms with van der Waals surface area (Å²) in [6.07, 6.45) is 1.04. The average Bonchev–Trinajstić information content (AvgIpc) is 2.04. The lowest BCUT2D eigenvalue weighted by molar-refractivity contribution is 0.316. The highest BCUT2D eigenvalue weighted by molar-refractivity contribution is 5.24. The van der Waals surface area contributed by atoms with Crippen molar-refractivity contribution in [2.75, 3.05) is 6.61 Å². The molecule has 59 valence electrons. The molecule has 1 heteroatoms. The van der Waals surface area contributed by atoms with Crippen molar-refractivity contribution in [1.82, 2.24) is 0 Å². The molecule has 0 heterocycles. The van der Waals surface area contributed by atoms with Crippen molar-refractivity contribution in [3.63, 3.8) is 0 Å². The molecule has 1 nitrogen and oxygen atoms in total. The third-order valence-corrected chi connectivity index (χ3v) is 1.40. The molecule has 0 aliphatic carbocycles. The van der Waals surface area contributed by atoms with E-state index in [1.807, 2.05) is 25.1 Å². The van der Waals surface area contributed by atoms with Crippen LogP contribution in [0, 0.1) is 13.0 Å². The standard InChI is InChI=1S/C10H13O/c1-3-8-11-10-6-4-9(2)5-7-10/h4-6H,3,8H2,1-2H3. The molecule has 1 aromatic rings. The summed E-state index contributed by atoms with van der Waals surface area (Å²) >= 11 is 0. The molecule has 1 radical (unpaired) electrons. The van der Waals surface area contributed by atoms with Crippen LogP contribution < -0.4 is 4.74 Å². The maximum Gasteiger partial charge on any atom is 0.127 e. The van der Waals surface area contributed by atoms with Gasteiger partial charge >= 0.3 is 0 Å². The van der Waals surface area contributed by atoms with Gasteiger partial charge in [0.05, 0.1) is 6.61 Å². The van der Waals surface area contributed by atoms with Gasteiger partial charge in [0.15, 0.2) is 0 Å². The molecule has 0 bridgehead atoms. The molecule has 0 aromatic heterocycles. The summed E-state index contributed by atoms with van der Waals surface area (Å²) in [4.78, 5) is 0. The number of ether oxygens (including phenoxy) is 1. The molecule has 1 rings (SSSR count). The van der Waals surface area contributed by atoms with Gasteiger partial charge in [0, 0.05) is 6.07 Å². The van der Waals surface area contributed by atoms with Gasteiger partial charge in [-0.15, -0.1) is 0 Å². The number of benzene rings is 1. The van der Waals surface area contributed by atoms with Gasteiger partial charge in [-0.2, -0.15) is 0 Å². The Labute approximate surface area is 68.0 Å². The Balaban J connectivity index is 2.52. The minimum absolute atomic E-state index is 0.777. The van der Waals surface area contributed by atoms with E-state index in [1.165, 1.54) is 5.56 Å². The van der Waals surface area contributed by atoms with E-state index in [0.717, 1.165) is 18.8 Å². The first-order valence-corrected chi connectivity index (χ1v) is 3.94. The maximum atomic E-state index is 5.35. The first-order chi connectivity index (χ1) is 5.33. The molecule has 0 aliphatic rings. The molecule has 0 N–H and O–H groups in total. The molecule has 0 saturated heterocycles. The fourth-order valence-electron chi connectivity index (χ4n) is 0.790. The quantitative estimate of drug-likeness (QED) is 0.641. The third-order valence-electron chi connectivity index (χ3n) is 1.40. The lowest BCUT2D eigenvalue weighted by atomic mass is 10.2. The fourth-order valence-corrected chi connectivity index (χ4v) is 0.790. The molecular weight excluding hydrogens is 136 g/mol. The first kappa shape index (κ1) is 8.12. The van der Waals surface area contributed by atoms with Gasteiger partial charge in [0.25, 0.3) is 0 Å². The van der Waals surface area contributed by atoms with Crippen LogP contribution in [0.3, 0.4) is 0 Å². The van der Waals surface area contributed by atoms with Crippen molar-refractivity contribution >= 4 is 0 Å². The summed E-state index contributed by atoms with van der Waals surface area (Å²) in [5.74, 6) is 0.845. The van der Waals surface area contributed by atoms with Crippen molar-refractivity contribution in [1.29, 1.82) is 0 Å². The van der Waals surface area contributed by atoms with Gasteiger partial charge in [0.2, 0.25) is 0 Å². The molecule has 1 aromatic carbocycles. The number of hydrogen-bond donors (Lipinski definition) is 0. The van der Waals surface area contributed by atoms with E-state index in [1.54, 1.807) is 0 Å². The number of aryl methyl sites for hydroxylation is 1. The number of hydrogen-bond acceptors (Lipinski definition) is 1. The second-order valence-corrected chi connectivity index (χ2v) is 2.58. The van der Waals surface area contributed by atoms with Crippen LogP contribution in [0.1, 0.15) is 18.9 Å². The fraction of sp³-hybridized carbons (Fsp3) is 0.400. The van der Waals surface area contributed by atoms with Gasteiger partial charge in [-0.1, -0.05) is 18.6 Å². The van der Waals surface area contributed by atoms with E-state index in [4.69, 9.17) is 4.74 Å². The predicted molar refractivity (Wildman–Crippen MR) is 45.8 cm³/mol. The highest BCUT2D eigenvalue weighted by atomic mass is 16.5. The first-order valence-electron chi connectivity index (χ1n) is 3.94. The zero-order valence-electron chi connectivity index (χ0n) is 7.05. The van der Waals surface area contributed by atoms with Crippen LogP contribution in [-0.2, 0) is 0 Å². The topological polar surface area (TPSA) is 9.23 Å². The largest absolute Gasteiger partial charge is 0.493 e. The highest BCUT2D eigenvalue weighted by Crippen LogP contribution is 2.10. The Morgan fingerprint density at radius 2 is 2.27 bits per heavy atom. The lowest BCUT2D eigenvalue weighted by Gasteiger charge is -2.02. The Morgan fingerprint density at radius 1 is 1.45 bits per heavy atom. The Morgan fingerprint density at radius 3 is 2.82 bits per heavy atom. The van der Waals surface area contributed by atoms with E-state index in [0.29, 0.717) is 0 Å². The summed E-state index contributed by atoms with van der Waals surface area (Å²) < 4.78 is 5.35. The SMILES string of the molecule is CCCOc1[c]cc(C)cc1. The van der Waals surface area contributed by atoms with Crippen LogP contribution in [0.2, 0.25) is 0 Å². The molecular formula is C10H13O. The van der Waals surface area contributed by atoms with E-state index in [9.17, 15) is 0 Å².